The maximum atomic E-state index is 12.4. The van der Waals surface area contributed by atoms with Gasteiger partial charge in [0.25, 0.3) is 0 Å². The molecule has 1 aliphatic heterocycles. The van der Waals surface area contributed by atoms with E-state index in [4.69, 9.17) is 21.1 Å². The molecule has 1 aromatic heterocycles. The second-order valence-corrected chi connectivity index (χ2v) is 8.40. The van der Waals surface area contributed by atoms with E-state index in [1.807, 2.05) is 39.0 Å². The lowest BCUT2D eigenvalue weighted by atomic mass is 10.1. The molecule has 1 fully saturated rings. The lowest BCUT2D eigenvalue weighted by Crippen LogP contribution is -2.54. The monoisotopic (exact) mass is 434 g/mol. The highest BCUT2D eigenvalue weighted by Gasteiger charge is 2.31. The van der Waals surface area contributed by atoms with Gasteiger partial charge in [0, 0.05) is 37.4 Å². The van der Waals surface area contributed by atoms with E-state index >= 15 is 0 Å². The molecular formula is C20H27ClN6O3. The maximum Gasteiger partial charge on any atom is 0.410 e. The fraction of sp³-hybridized carbons (Fsp3) is 0.500. The quantitative estimate of drug-likeness (QED) is 0.778. The minimum atomic E-state index is -0.508. The molecule has 0 bridgehead atoms. The van der Waals surface area contributed by atoms with Crippen LogP contribution in [0.25, 0.3) is 0 Å². The van der Waals surface area contributed by atoms with Crippen molar-refractivity contribution in [2.75, 3.05) is 37.0 Å². The first kappa shape index (κ1) is 21.9. The Kier molecular flexibility index (Phi) is 6.50. The molecule has 2 heterocycles. The number of nitrogens with zero attached hydrogens (tertiary/aromatic N) is 5. The third kappa shape index (κ3) is 5.41. The Morgan fingerprint density at radius 2 is 2.03 bits per heavy atom. The van der Waals surface area contributed by atoms with Gasteiger partial charge in [-0.1, -0.05) is 0 Å². The topological polar surface area (TPSA) is 92.7 Å². The van der Waals surface area contributed by atoms with E-state index in [0.29, 0.717) is 31.3 Å². The van der Waals surface area contributed by atoms with Crippen LogP contribution in [0.5, 0.6) is 5.75 Å². The largest absolute Gasteiger partial charge is 0.495 e. The number of amides is 1. The first-order valence-corrected chi connectivity index (χ1v) is 10.1. The molecule has 9 nitrogen and oxygen atoms in total. The molecule has 1 N–H and O–H groups in total. The number of hydrogen-bond acceptors (Lipinski definition) is 8. The lowest BCUT2D eigenvalue weighted by molar-refractivity contribution is 0.0218. The van der Waals surface area contributed by atoms with E-state index in [0.717, 1.165) is 11.4 Å². The van der Waals surface area contributed by atoms with Crippen LogP contribution in [0.15, 0.2) is 24.5 Å². The summed E-state index contributed by atoms with van der Waals surface area (Å²) >= 11 is 5.81. The summed E-state index contributed by atoms with van der Waals surface area (Å²) in [6, 6.07) is 5.87. The molecule has 30 heavy (non-hydrogen) atoms. The smallest absolute Gasteiger partial charge is 0.410 e. The summed E-state index contributed by atoms with van der Waals surface area (Å²) in [4.78, 5) is 28.2. The number of hydrogen-bond donors (Lipinski definition) is 1. The molecule has 1 amide bonds. The summed E-state index contributed by atoms with van der Waals surface area (Å²) in [5.74, 6) is 1.06. The average Bonchev–Trinajstić information content (AvgIpc) is 2.67. The molecule has 0 radical (unpaired) electrons. The molecule has 1 unspecified atom stereocenters. The van der Waals surface area contributed by atoms with Gasteiger partial charge >= 0.3 is 6.09 Å². The molecule has 0 saturated carbocycles. The van der Waals surface area contributed by atoms with Gasteiger partial charge in [0.1, 0.15) is 17.7 Å². The Bertz CT molecular complexity index is 904. The third-order valence-electron chi connectivity index (χ3n) is 4.57. The molecule has 0 aliphatic carbocycles. The number of rotatable bonds is 4. The van der Waals surface area contributed by atoms with Crippen molar-refractivity contribution in [1.82, 2.24) is 19.9 Å². The van der Waals surface area contributed by atoms with E-state index in [1.165, 1.54) is 6.33 Å². The number of carbonyl (C=O) groups is 1. The third-order valence-corrected chi connectivity index (χ3v) is 4.75. The lowest BCUT2D eigenvalue weighted by Gasteiger charge is -2.41. The van der Waals surface area contributed by atoms with Crippen molar-refractivity contribution in [2.24, 2.45) is 0 Å². The summed E-state index contributed by atoms with van der Waals surface area (Å²) < 4.78 is 11.1. The van der Waals surface area contributed by atoms with Crippen molar-refractivity contribution >= 4 is 35.0 Å². The van der Waals surface area contributed by atoms with Gasteiger partial charge < -0.3 is 24.6 Å². The van der Waals surface area contributed by atoms with Crippen molar-refractivity contribution in [3.63, 3.8) is 0 Å². The van der Waals surface area contributed by atoms with E-state index < -0.39 is 5.60 Å². The predicted molar refractivity (Wildman–Crippen MR) is 116 cm³/mol. The molecule has 162 valence electrons. The van der Waals surface area contributed by atoms with Gasteiger partial charge in [-0.15, -0.1) is 0 Å². The first-order valence-electron chi connectivity index (χ1n) is 9.70. The second kappa shape index (κ2) is 8.91. The number of benzene rings is 1. The van der Waals surface area contributed by atoms with E-state index in [-0.39, 0.29) is 17.4 Å². The van der Waals surface area contributed by atoms with Crippen LogP contribution in [0.2, 0.25) is 5.28 Å². The Balaban J connectivity index is 1.72. The van der Waals surface area contributed by atoms with Crippen LogP contribution in [0.3, 0.4) is 0 Å². The van der Waals surface area contributed by atoms with Crippen molar-refractivity contribution in [3.05, 3.63) is 29.8 Å². The number of aromatic nitrogens is 3. The summed E-state index contributed by atoms with van der Waals surface area (Å²) in [6.07, 6.45) is 1.06. The molecule has 0 spiro atoms. The molecule has 1 atom stereocenters. The van der Waals surface area contributed by atoms with Gasteiger partial charge in [-0.2, -0.15) is 4.98 Å². The highest BCUT2D eigenvalue weighted by molar-refractivity contribution is 6.28. The van der Waals surface area contributed by atoms with Crippen LogP contribution in [0, 0.1) is 0 Å². The van der Waals surface area contributed by atoms with Crippen LogP contribution < -0.4 is 15.0 Å². The minimum Gasteiger partial charge on any atom is -0.495 e. The van der Waals surface area contributed by atoms with E-state index in [2.05, 4.69) is 32.1 Å². The molecule has 1 saturated heterocycles. The van der Waals surface area contributed by atoms with Gasteiger partial charge in [-0.05, 0) is 51.4 Å². The van der Waals surface area contributed by atoms with Crippen LogP contribution in [0.1, 0.15) is 27.7 Å². The second-order valence-electron chi connectivity index (χ2n) is 8.06. The Labute approximate surface area is 181 Å². The van der Waals surface area contributed by atoms with E-state index in [9.17, 15) is 4.79 Å². The normalized spacial score (nSPS) is 16.9. The Hall–Kier alpha value is -2.81. The highest BCUT2D eigenvalue weighted by atomic mass is 35.5. The van der Waals surface area contributed by atoms with Gasteiger partial charge in [-0.25, -0.2) is 14.8 Å². The van der Waals surface area contributed by atoms with Gasteiger partial charge in [0.15, 0.2) is 0 Å². The van der Waals surface area contributed by atoms with Gasteiger partial charge in [0.2, 0.25) is 11.2 Å². The molecule has 1 aromatic carbocycles. The number of anilines is 3. The van der Waals surface area contributed by atoms with Crippen molar-refractivity contribution < 1.29 is 14.3 Å². The summed E-state index contributed by atoms with van der Waals surface area (Å²) in [7, 11) is 1.63. The van der Waals surface area contributed by atoms with E-state index in [1.54, 1.807) is 12.0 Å². The Morgan fingerprint density at radius 1 is 1.27 bits per heavy atom. The van der Waals surface area contributed by atoms with Crippen LogP contribution in [-0.2, 0) is 4.74 Å². The fourth-order valence-corrected chi connectivity index (χ4v) is 3.39. The number of piperazine rings is 1. The number of ether oxygens (including phenoxy) is 2. The number of nitrogens with one attached hydrogen (secondary N) is 1. The number of methoxy groups -OCH3 is 1. The molecule has 1 aliphatic rings. The van der Waals surface area contributed by atoms with Gasteiger partial charge in [0.05, 0.1) is 12.8 Å². The van der Waals surface area contributed by atoms with Crippen LogP contribution >= 0.6 is 11.6 Å². The zero-order valence-electron chi connectivity index (χ0n) is 17.8. The number of halogens is 1. The zero-order chi connectivity index (χ0) is 21.9. The fourth-order valence-electron chi connectivity index (χ4n) is 3.27. The first-order chi connectivity index (χ1) is 14.2. The zero-order valence-corrected chi connectivity index (χ0v) is 18.6. The van der Waals surface area contributed by atoms with Gasteiger partial charge in [-0.3, -0.25) is 0 Å². The Morgan fingerprint density at radius 3 is 2.67 bits per heavy atom. The van der Waals surface area contributed by atoms with Crippen molar-refractivity contribution in [3.8, 4) is 5.75 Å². The SMILES string of the molecule is COc1cc(Nc2ncnc(Cl)n2)ccc1N1CCN(C(=O)OC(C)(C)C)CC1C. The van der Waals surface area contributed by atoms with Crippen LogP contribution in [-0.4, -0.2) is 64.3 Å². The van der Waals surface area contributed by atoms with Crippen LogP contribution in [0.4, 0.5) is 22.1 Å². The predicted octanol–water partition coefficient (Wildman–Crippen LogP) is 3.72. The molecular weight excluding hydrogens is 408 g/mol. The minimum absolute atomic E-state index is 0.0984. The summed E-state index contributed by atoms with van der Waals surface area (Å²) in [6.45, 7) is 9.51. The molecule has 10 heteroatoms. The number of carbonyl (C=O) groups excluding carboxylic acids is 1. The van der Waals surface area contributed by atoms with Crippen molar-refractivity contribution in [2.45, 2.75) is 39.3 Å². The summed E-state index contributed by atoms with van der Waals surface area (Å²) in [5.41, 5.74) is 1.21. The molecule has 2 aromatic rings. The maximum absolute atomic E-state index is 12.4. The highest BCUT2D eigenvalue weighted by Crippen LogP contribution is 2.34. The average molecular weight is 435 g/mol. The standard InChI is InChI=1S/C20H27ClN6O3/c1-13-11-26(19(28)30-20(2,3)4)8-9-27(13)15-7-6-14(10-16(15)29-5)24-18-23-12-22-17(21)25-18/h6-7,10,12-13H,8-9,11H2,1-5H3,(H,22,23,24,25). The van der Waals surface area contributed by atoms with Crippen molar-refractivity contribution in [1.29, 1.82) is 0 Å². The molecule has 3 rings (SSSR count). The summed E-state index contributed by atoms with van der Waals surface area (Å²) in [5, 5.41) is 3.21.